The molecule has 2 aromatic rings. The van der Waals surface area contributed by atoms with Gasteiger partial charge in [-0.25, -0.2) is 0 Å². The summed E-state index contributed by atoms with van der Waals surface area (Å²) in [4.78, 5) is 8.36. The Kier molecular flexibility index (Phi) is 10.3. The second kappa shape index (κ2) is 12.6. The van der Waals surface area contributed by atoms with Gasteiger partial charge in [-0.2, -0.15) is 18.3 Å². The van der Waals surface area contributed by atoms with Crippen LogP contribution in [0.4, 0.5) is 13.2 Å². The van der Waals surface area contributed by atoms with Gasteiger partial charge in [0.2, 0.25) is 5.96 Å². The fraction of sp³-hybridized carbons (Fsp3) is 0.263. The van der Waals surface area contributed by atoms with Crippen molar-refractivity contribution >= 4 is 12.2 Å². The molecule has 0 atom stereocenters. The number of guanidine groups is 1. The molecule has 0 spiro atoms. The first-order valence-corrected chi connectivity index (χ1v) is 8.95. The molecule has 0 radical (unpaired) electrons. The first-order valence-electron chi connectivity index (χ1n) is 8.95. The molecule has 0 saturated carbocycles. The highest BCUT2D eigenvalue weighted by atomic mass is 19.4. The zero-order chi connectivity index (χ0) is 24.1. The normalized spacial score (nSPS) is 10.8. The average Bonchev–Trinajstić information content (AvgIpc) is 2.67. The number of halogens is 3. The molecule has 32 heavy (non-hydrogen) atoms. The van der Waals surface area contributed by atoms with E-state index in [2.05, 4.69) is 10.2 Å². The van der Waals surface area contributed by atoms with E-state index < -0.39 is 16.8 Å². The largest absolute Gasteiger partial charge is 0.493 e. The fourth-order valence-corrected chi connectivity index (χ4v) is 2.36. The quantitative estimate of drug-likeness (QED) is 0.180. The van der Waals surface area contributed by atoms with Gasteiger partial charge >= 0.3 is 6.18 Å². The molecule has 0 aliphatic heterocycles. The molecule has 5 N–H and O–H groups in total. The number of hydrogen-bond donors (Lipinski definition) is 3. The Hall–Kier alpha value is -4.03. The van der Waals surface area contributed by atoms with Crippen molar-refractivity contribution in [3.05, 3.63) is 69.3 Å². The van der Waals surface area contributed by atoms with E-state index in [0.717, 1.165) is 11.6 Å². The van der Waals surface area contributed by atoms with E-state index in [-0.39, 0.29) is 18.1 Å². The number of rotatable bonds is 8. The van der Waals surface area contributed by atoms with Gasteiger partial charge in [0.1, 0.15) is 18.1 Å². The van der Waals surface area contributed by atoms with Crippen molar-refractivity contribution in [2.45, 2.75) is 26.1 Å². The van der Waals surface area contributed by atoms with Crippen molar-refractivity contribution in [1.29, 1.82) is 0 Å². The van der Waals surface area contributed by atoms with Crippen molar-refractivity contribution in [2.75, 3.05) is 6.61 Å². The lowest BCUT2D eigenvalue weighted by Crippen LogP contribution is -2.21. The van der Waals surface area contributed by atoms with E-state index in [0.29, 0.717) is 24.5 Å². The third kappa shape index (κ3) is 10.7. The first kappa shape index (κ1) is 26.0. The Labute approximate surface area is 181 Å². The number of ether oxygens (including phenoxy) is 2. The van der Waals surface area contributed by atoms with Crippen LogP contribution >= 0.6 is 0 Å². The number of aryl methyl sites for hydroxylation is 1. The highest BCUT2D eigenvalue weighted by Gasteiger charge is 2.32. The molecule has 0 bridgehead atoms. The molecule has 0 saturated heterocycles. The lowest BCUT2D eigenvalue weighted by molar-refractivity contribution is -0.742. The molecule has 2 rings (SSSR count). The van der Waals surface area contributed by atoms with E-state index in [1.807, 2.05) is 6.92 Å². The summed E-state index contributed by atoms with van der Waals surface area (Å²) in [5.74, 6) is 0.820. The summed E-state index contributed by atoms with van der Waals surface area (Å²) in [5, 5.41) is 20.7. The summed E-state index contributed by atoms with van der Waals surface area (Å²) in [7, 11) is 0. The smallest absolute Gasteiger partial charge is 0.416 e. The van der Waals surface area contributed by atoms with Crippen molar-refractivity contribution in [2.24, 2.45) is 21.7 Å². The first-order chi connectivity index (χ1) is 15.0. The Morgan fingerprint density at radius 1 is 1.19 bits per heavy atom. The van der Waals surface area contributed by atoms with Crippen molar-refractivity contribution in [3.8, 4) is 11.5 Å². The lowest BCUT2D eigenvalue weighted by atomic mass is 10.1. The minimum Gasteiger partial charge on any atom is -0.493 e. The third-order valence-corrected chi connectivity index (χ3v) is 3.51. The molecule has 0 heterocycles. The highest BCUT2D eigenvalue weighted by Crippen LogP contribution is 2.32. The maximum absolute atomic E-state index is 13.1. The van der Waals surface area contributed by atoms with Crippen LogP contribution in [0.1, 0.15) is 23.1 Å². The average molecular weight is 457 g/mol. The molecule has 2 aromatic carbocycles. The lowest BCUT2D eigenvalue weighted by Gasteiger charge is -2.14. The van der Waals surface area contributed by atoms with Crippen LogP contribution in [-0.4, -0.2) is 29.1 Å². The summed E-state index contributed by atoms with van der Waals surface area (Å²) in [5.41, 5.74) is 10.5. The van der Waals surface area contributed by atoms with Crippen LogP contribution < -0.4 is 20.9 Å². The van der Waals surface area contributed by atoms with Gasteiger partial charge in [0.05, 0.1) is 12.2 Å². The Balaban J connectivity index is 0.00000118. The van der Waals surface area contributed by atoms with Gasteiger partial charge in [-0.15, -0.1) is 15.2 Å². The minimum atomic E-state index is -4.43. The van der Waals surface area contributed by atoms with E-state index >= 15 is 0 Å². The number of hydrogen-bond acceptors (Lipinski definition) is 6. The molecule has 0 unspecified atom stereocenters. The van der Waals surface area contributed by atoms with Gasteiger partial charge in [-0.1, -0.05) is 18.2 Å². The van der Waals surface area contributed by atoms with Crippen molar-refractivity contribution < 1.29 is 32.9 Å². The Morgan fingerprint density at radius 2 is 1.78 bits per heavy atom. The summed E-state index contributed by atoms with van der Waals surface area (Å²) >= 11 is 0. The van der Waals surface area contributed by atoms with Crippen molar-refractivity contribution in [1.82, 2.24) is 0 Å². The molecular weight excluding hydrogens is 435 g/mol. The molecule has 0 aromatic heterocycles. The van der Waals surface area contributed by atoms with Gasteiger partial charge in [0, 0.05) is 24.3 Å². The number of benzene rings is 2. The van der Waals surface area contributed by atoms with Gasteiger partial charge in [-0.3, -0.25) is 0 Å². The summed E-state index contributed by atoms with van der Waals surface area (Å²) in [6.45, 7) is 1.95. The molecular formula is C19H22F3N5O5. The van der Waals surface area contributed by atoms with Crippen LogP contribution in [0.5, 0.6) is 11.5 Å². The molecule has 13 heteroatoms. The topological polar surface area (TPSA) is 159 Å². The van der Waals surface area contributed by atoms with Gasteiger partial charge in [0.15, 0.2) is 0 Å². The van der Waals surface area contributed by atoms with Gasteiger partial charge in [-0.05, 0) is 30.7 Å². The maximum atomic E-state index is 13.1. The molecule has 0 aliphatic carbocycles. The minimum absolute atomic E-state index is 0.0647. The zero-order valence-electron chi connectivity index (χ0n) is 17.0. The van der Waals surface area contributed by atoms with Crippen LogP contribution in [0, 0.1) is 17.0 Å². The van der Waals surface area contributed by atoms with E-state index in [9.17, 15) is 13.2 Å². The number of nitrogens with two attached hydrogens (primary N) is 2. The van der Waals surface area contributed by atoms with E-state index in [1.54, 1.807) is 24.3 Å². The van der Waals surface area contributed by atoms with Crippen LogP contribution in [0.3, 0.4) is 0 Å². The monoisotopic (exact) mass is 457 g/mol. The molecule has 0 fully saturated rings. The SMILES string of the molecule is Cc1cc(OCCC=NN=C(N)N)cc(OCc2ccccc2C(F)(F)F)c1.O=[N+]([O-])O. The zero-order valence-corrected chi connectivity index (χ0v) is 17.0. The number of nitrogens with zero attached hydrogens (tertiary/aromatic N) is 3. The third-order valence-electron chi connectivity index (χ3n) is 3.51. The molecule has 0 amide bonds. The molecule has 0 aliphatic rings. The van der Waals surface area contributed by atoms with Gasteiger partial charge in [0.25, 0.3) is 5.09 Å². The summed E-state index contributed by atoms with van der Waals surface area (Å²) < 4.78 is 50.4. The van der Waals surface area contributed by atoms with E-state index in [1.165, 1.54) is 18.3 Å². The summed E-state index contributed by atoms with van der Waals surface area (Å²) in [6, 6.07) is 10.5. The standard InChI is InChI=1S/C19H21F3N4O2.HNO3/c1-13-9-15(27-8-4-7-25-26-18(23)24)11-16(10-13)28-12-14-5-2-3-6-17(14)19(20,21)22;2-1(3)4/h2-3,5-7,9-11H,4,8,12H2,1H3,(H4,23,24,26);(H,2,3,4). The number of alkyl halides is 3. The predicted octanol–water partition coefficient (Wildman–Crippen LogP) is 3.27. The molecule has 174 valence electrons. The summed E-state index contributed by atoms with van der Waals surface area (Å²) in [6.07, 6.45) is -2.46. The van der Waals surface area contributed by atoms with Crippen LogP contribution in [-0.2, 0) is 12.8 Å². The van der Waals surface area contributed by atoms with Crippen LogP contribution in [0.2, 0.25) is 0 Å². The maximum Gasteiger partial charge on any atom is 0.416 e. The van der Waals surface area contributed by atoms with Crippen LogP contribution in [0.25, 0.3) is 0 Å². The van der Waals surface area contributed by atoms with E-state index in [4.69, 9.17) is 36.3 Å². The van der Waals surface area contributed by atoms with Gasteiger partial charge < -0.3 is 26.1 Å². The van der Waals surface area contributed by atoms with Crippen molar-refractivity contribution in [3.63, 3.8) is 0 Å². The molecule has 10 nitrogen and oxygen atoms in total. The Bertz CT molecular complexity index is 943. The fourth-order valence-electron chi connectivity index (χ4n) is 2.36. The van der Waals surface area contributed by atoms with Crippen LogP contribution in [0.15, 0.2) is 52.7 Å². The second-order valence-corrected chi connectivity index (χ2v) is 6.12. The Morgan fingerprint density at radius 3 is 2.38 bits per heavy atom. The second-order valence-electron chi connectivity index (χ2n) is 6.12. The predicted molar refractivity (Wildman–Crippen MR) is 110 cm³/mol. The highest BCUT2D eigenvalue weighted by molar-refractivity contribution is 5.76.